The van der Waals surface area contributed by atoms with Crippen molar-refractivity contribution in [3.63, 3.8) is 0 Å². The molecule has 1 N–H and O–H groups in total. The van der Waals surface area contributed by atoms with Crippen LogP contribution in [0, 0.1) is 5.82 Å². The van der Waals surface area contributed by atoms with Gasteiger partial charge in [-0.2, -0.15) is 0 Å². The van der Waals surface area contributed by atoms with Gasteiger partial charge in [0.1, 0.15) is 5.82 Å². The number of amides is 2. The number of nitrogens with one attached hydrogen (secondary N) is 1. The molecule has 5 nitrogen and oxygen atoms in total. The second-order valence-electron chi connectivity index (χ2n) is 8.83. The van der Waals surface area contributed by atoms with E-state index in [0.29, 0.717) is 31.6 Å². The maximum absolute atomic E-state index is 13.9. The standard InChI is InChI=1S/C29H34FN3O2/c1-5-26(22-10-8-7-9-11-22)29(35)33(19-21-12-14-24(30)15-13-21)20-23-18-25(31-28(34)6-2)16-17-27(23)32(3)4/h7-18,26H,5-6,19-20H2,1-4H3,(H,31,34)/t26-/m1/s1. The summed E-state index contributed by atoms with van der Waals surface area (Å²) in [4.78, 5) is 29.7. The van der Waals surface area contributed by atoms with E-state index in [9.17, 15) is 14.0 Å². The van der Waals surface area contributed by atoms with Gasteiger partial charge in [0.2, 0.25) is 11.8 Å². The minimum Gasteiger partial charge on any atom is -0.377 e. The predicted octanol–water partition coefficient (Wildman–Crippen LogP) is 5.96. The molecule has 0 aliphatic rings. The molecule has 35 heavy (non-hydrogen) atoms. The molecular formula is C29H34FN3O2. The normalized spacial score (nSPS) is 11.6. The van der Waals surface area contributed by atoms with Gasteiger partial charge in [-0.25, -0.2) is 4.39 Å². The molecule has 0 fully saturated rings. The van der Waals surface area contributed by atoms with Crippen LogP contribution in [0.5, 0.6) is 0 Å². The smallest absolute Gasteiger partial charge is 0.230 e. The number of anilines is 2. The third kappa shape index (κ3) is 6.92. The maximum atomic E-state index is 13.9. The first-order valence-corrected chi connectivity index (χ1v) is 12.0. The van der Waals surface area contributed by atoms with Gasteiger partial charge >= 0.3 is 0 Å². The van der Waals surface area contributed by atoms with Crippen LogP contribution < -0.4 is 10.2 Å². The number of carbonyl (C=O) groups is 2. The topological polar surface area (TPSA) is 52.7 Å². The minimum atomic E-state index is -0.309. The number of carbonyl (C=O) groups excluding carboxylic acids is 2. The Bertz CT molecular complexity index is 1130. The quantitative estimate of drug-likeness (QED) is 0.393. The largest absolute Gasteiger partial charge is 0.377 e. The second-order valence-corrected chi connectivity index (χ2v) is 8.83. The van der Waals surface area contributed by atoms with Crippen molar-refractivity contribution < 1.29 is 14.0 Å². The summed E-state index contributed by atoms with van der Waals surface area (Å²) in [6.07, 6.45) is 1.05. The van der Waals surface area contributed by atoms with Crippen molar-refractivity contribution in [1.29, 1.82) is 0 Å². The van der Waals surface area contributed by atoms with E-state index in [0.717, 1.165) is 22.4 Å². The Balaban J connectivity index is 2.00. The van der Waals surface area contributed by atoms with Crippen molar-refractivity contribution >= 4 is 23.2 Å². The van der Waals surface area contributed by atoms with Crippen LogP contribution in [-0.2, 0) is 22.7 Å². The molecule has 3 aromatic carbocycles. The van der Waals surface area contributed by atoms with E-state index >= 15 is 0 Å². The highest BCUT2D eigenvalue weighted by atomic mass is 19.1. The third-order valence-corrected chi connectivity index (χ3v) is 6.03. The number of rotatable bonds is 10. The first kappa shape index (κ1) is 25.9. The molecule has 0 aliphatic carbocycles. The predicted molar refractivity (Wildman–Crippen MR) is 140 cm³/mol. The summed E-state index contributed by atoms with van der Waals surface area (Å²) in [5.41, 5.74) is 4.40. The highest BCUT2D eigenvalue weighted by molar-refractivity contribution is 5.91. The lowest BCUT2D eigenvalue weighted by Gasteiger charge is -2.29. The Morgan fingerprint density at radius 2 is 1.60 bits per heavy atom. The molecule has 6 heteroatoms. The van der Waals surface area contributed by atoms with Crippen molar-refractivity contribution in [2.24, 2.45) is 0 Å². The lowest BCUT2D eigenvalue weighted by atomic mass is 9.94. The van der Waals surface area contributed by atoms with Crippen molar-refractivity contribution in [3.05, 3.63) is 95.3 Å². The zero-order valence-corrected chi connectivity index (χ0v) is 20.9. The van der Waals surface area contributed by atoms with Crippen LogP contribution in [0.1, 0.15) is 49.3 Å². The molecule has 0 bridgehead atoms. The molecule has 0 radical (unpaired) electrons. The van der Waals surface area contributed by atoms with Gasteiger partial charge in [0, 0.05) is 45.0 Å². The summed E-state index contributed by atoms with van der Waals surface area (Å²) in [5.74, 6) is -0.655. The van der Waals surface area contributed by atoms with Gasteiger partial charge in [-0.3, -0.25) is 9.59 Å². The molecule has 0 saturated carbocycles. The SMILES string of the molecule is CCC(=O)Nc1ccc(N(C)C)c(CN(Cc2ccc(F)cc2)C(=O)[C@H](CC)c2ccccc2)c1. The van der Waals surface area contributed by atoms with Gasteiger partial charge in [0.05, 0.1) is 5.92 Å². The van der Waals surface area contributed by atoms with E-state index < -0.39 is 0 Å². The molecule has 1 atom stereocenters. The van der Waals surface area contributed by atoms with Crippen LogP contribution in [-0.4, -0.2) is 30.8 Å². The molecular weight excluding hydrogens is 441 g/mol. The fourth-order valence-corrected chi connectivity index (χ4v) is 4.16. The van der Waals surface area contributed by atoms with Crippen molar-refractivity contribution in [2.45, 2.75) is 45.7 Å². The highest BCUT2D eigenvalue weighted by Gasteiger charge is 2.26. The monoisotopic (exact) mass is 475 g/mol. The minimum absolute atomic E-state index is 0.00993. The fraction of sp³-hybridized carbons (Fsp3) is 0.310. The first-order chi connectivity index (χ1) is 16.8. The maximum Gasteiger partial charge on any atom is 0.230 e. The van der Waals surface area contributed by atoms with E-state index in [1.807, 2.05) is 86.3 Å². The Labute approximate surface area is 207 Å². The summed E-state index contributed by atoms with van der Waals surface area (Å²) in [5, 5.41) is 2.91. The van der Waals surface area contributed by atoms with Gasteiger partial charge < -0.3 is 15.1 Å². The number of nitrogens with zero attached hydrogens (tertiary/aromatic N) is 2. The Kier molecular flexibility index (Phi) is 9.01. The van der Waals surface area contributed by atoms with Crippen molar-refractivity contribution in [1.82, 2.24) is 4.90 Å². The van der Waals surface area contributed by atoms with Gasteiger partial charge in [0.15, 0.2) is 0 Å². The number of hydrogen-bond acceptors (Lipinski definition) is 3. The van der Waals surface area contributed by atoms with E-state index in [1.165, 1.54) is 12.1 Å². The zero-order valence-electron chi connectivity index (χ0n) is 20.9. The highest BCUT2D eigenvalue weighted by Crippen LogP contribution is 2.29. The lowest BCUT2D eigenvalue weighted by molar-refractivity contribution is -0.134. The van der Waals surface area contributed by atoms with Gasteiger partial charge in [-0.1, -0.05) is 56.3 Å². The Morgan fingerprint density at radius 1 is 0.914 bits per heavy atom. The molecule has 0 unspecified atom stereocenters. The van der Waals surface area contributed by atoms with Crippen LogP contribution in [0.4, 0.5) is 15.8 Å². The number of benzene rings is 3. The summed E-state index contributed by atoms with van der Waals surface area (Å²) < 4.78 is 13.5. The molecule has 0 aliphatic heterocycles. The number of halogens is 1. The van der Waals surface area contributed by atoms with Gasteiger partial charge in [0.25, 0.3) is 0 Å². The Hall–Kier alpha value is -3.67. The average Bonchev–Trinajstić information content (AvgIpc) is 2.86. The summed E-state index contributed by atoms with van der Waals surface area (Å²) in [7, 11) is 3.90. The molecule has 0 saturated heterocycles. The molecule has 0 aromatic heterocycles. The van der Waals surface area contributed by atoms with Crippen LogP contribution in [0.3, 0.4) is 0 Å². The number of hydrogen-bond donors (Lipinski definition) is 1. The molecule has 3 rings (SSSR count). The van der Waals surface area contributed by atoms with E-state index in [1.54, 1.807) is 12.1 Å². The first-order valence-electron chi connectivity index (χ1n) is 12.0. The van der Waals surface area contributed by atoms with E-state index in [-0.39, 0.29) is 23.5 Å². The Morgan fingerprint density at radius 3 is 2.20 bits per heavy atom. The molecule has 0 spiro atoms. The molecule has 184 valence electrons. The van der Waals surface area contributed by atoms with Crippen molar-refractivity contribution in [3.8, 4) is 0 Å². The van der Waals surface area contributed by atoms with Crippen LogP contribution in [0.2, 0.25) is 0 Å². The van der Waals surface area contributed by atoms with Gasteiger partial charge in [-0.05, 0) is 53.4 Å². The summed E-state index contributed by atoms with van der Waals surface area (Å²) >= 11 is 0. The van der Waals surface area contributed by atoms with Crippen LogP contribution in [0.15, 0.2) is 72.8 Å². The molecule has 2 amide bonds. The molecule has 0 heterocycles. The van der Waals surface area contributed by atoms with Crippen LogP contribution in [0.25, 0.3) is 0 Å². The summed E-state index contributed by atoms with van der Waals surface area (Å²) in [6.45, 7) is 4.52. The second kappa shape index (κ2) is 12.2. The fourth-order valence-electron chi connectivity index (χ4n) is 4.16. The van der Waals surface area contributed by atoms with E-state index in [2.05, 4.69) is 5.32 Å². The summed E-state index contributed by atoms with van der Waals surface area (Å²) in [6, 6.07) is 21.8. The third-order valence-electron chi connectivity index (χ3n) is 6.03. The van der Waals surface area contributed by atoms with Crippen molar-refractivity contribution in [2.75, 3.05) is 24.3 Å². The average molecular weight is 476 g/mol. The van der Waals surface area contributed by atoms with Crippen LogP contribution >= 0.6 is 0 Å². The lowest BCUT2D eigenvalue weighted by Crippen LogP contribution is -2.34. The zero-order chi connectivity index (χ0) is 25.4. The molecule has 3 aromatic rings. The van der Waals surface area contributed by atoms with E-state index in [4.69, 9.17) is 0 Å². The van der Waals surface area contributed by atoms with Gasteiger partial charge in [-0.15, -0.1) is 0 Å².